The molecule has 0 bridgehead atoms. The number of nitrogens with one attached hydrogen (secondary N) is 2. The second kappa shape index (κ2) is 9.57. The molecule has 1 unspecified atom stereocenters. The summed E-state index contributed by atoms with van der Waals surface area (Å²) in [6.07, 6.45) is 0.244. The zero-order valence-electron chi connectivity index (χ0n) is 13.9. The van der Waals surface area contributed by atoms with Crippen molar-refractivity contribution < 1.29 is 14.6 Å². The van der Waals surface area contributed by atoms with Gasteiger partial charge in [0, 0.05) is 18.8 Å². The number of para-hydroxylation sites is 1. The maximum Gasteiger partial charge on any atom is 0.260 e. The van der Waals surface area contributed by atoms with Gasteiger partial charge in [-0.25, -0.2) is 0 Å². The predicted octanol–water partition coefficient (Wildman–Crippen LogP) is 2.56. The molecule has 2 aromatic rings. The predicted molar refractivity (Wildman–Crippen MR) is 95.0 cm³/mol. The Hall–Kier alpha value is -2.53. The third-order valence-electron chi connectivity index (χ3n) is 3.52. The van der Waals surface area contributed by atoms with E-state index in [9.17, 15) is 4.79 Å². The molecule has 5 nitrogen and oxygen atoms in total. The van der Waals surface area contributed by atoms with E-state index in [2.05, 4.69) is 10.6 Å². The van der Waals surface area contributed by atoms with E-state index < -0.39 is 6.10 Å². The number of hydrogen-bond donors (Lipinski definition) is 3. The van der Waals surface area contributed by atoms with E-state index in [-0.39, 0.29) is 12.5 Å². The van der Waals surface area contributed by atoms with E-state index in [0.29, 0.717) is 12.3 Å². The number of aliphatic hydroxyl groups excluding tert-OH is 1. The summed E-state index contributed by atoms with van der Waals surface area (Å²) in [6.45, 7) is 3.04. The van der Waals surface area contributed by atoms with Gasteiger partial charge in [0.1, 0.15) is 5.75 Å². The van der Waals surface area contributed by atoms with E-state index in [1.165, 1.54) is 0 Å². The lowest BCUT2D eigenvalue weighted by molar-refractivity contribution is -0.127. The highest BCUT2D eigenvalue weighted by molar-refractivity contribution is 5.80. The standard InChI is InChI=1S/C19H24N2O3/c1-15(24-18-10-5-7-16(13-18)14-22)19(23)21-12-6-11-20-17-8-3-2-4-9-17/h2-5,7-10,13,15,20,22H,6,11-12,14H2,1H3,(H,21,23). The van der Waals surface area contributed by atoms with E-state index in [0.717, 1.165) is 24.2 Å². The minimum atomic E-state index is -0.582. The summed E-state index contributed by atoms with van der Waals surface area (Å²) in [5.74, 6) is 0.430. The summed E-state index contributed by atoms with van der Waals surface area (Å²) in [4.78, 5) is 12.0. The van der Waals surface area contributed by atoms with Crippen LogP contribution in [-0.4, -0.2) is 30.2 Å². The Morgan fingerprint density at radius 2 is 1.92 bits per heavy atom. The number of amides is 1. The maximum absolute atomic E-state index is 12.0. The van der Waals surface area contributed by atoms with Gasteiger partial charge in [-0.1, -0.05) is 30.3 Å². The first kappa shape index (κ1) is 17.8. The number of ether oxygens (including phenoxy) is 1. The fraction of sp³-hybridized carbons (Fsp3) is 0.316. The van der Waals surface area contributed by atoms with E-state index in [1.807, 2.05) is 30.3 Å². The average Bonchev–Trinajstić information content (AvgIpc) is 2.62. The van der Waals surface area contributed by atoms with Crippen LogP contribution in [0.3, 0.4) is 0 Å². The molecule has 0 aliphatic rings. The van der Waals surface area contributed by atoms with Crippen molar-refractivity contribution in [3.05, 3.63) is 60.2 Å². The Morgan fingerprint density at radius 3 is 2.67 bits per heavy atom. The Balaban J connectivity index is 1.66. The quantitative estimate of drug-likeness (QED) is 0.619. The topological polar surface area (TPSA) is 70.6 Å². The summed E-state index contributed by atoms with van der Waals surface area (Å²) in [5.41, 5.74) is 1.83. The lowest BCUT2D eigenvalue weighted by atomic mass is 10.2. The second-order valence-electron chi connectivity index (χ2n) is 5.50. The van der Waals surface area contributed by atoms with Crippen LogP contribution in [0, 0.1) is 0 Å². The highest BCUT2D eigenvalue weighted by Gasteiger charge is 2.13. The number of hydrogen-bond acceptors (Lipinski definition) is 4. The molecule has 1 amide bonds. The molecule has 5 heteroatoms. The third-order valence-corrected chi connectivity index (χ3v) is 3.52. The van der Waals surface area contributed by atoms with E-state index >= 15 is 0 Å². The van der Waals surface area contributed by atoms with Crippen LogP contribution < -0.4 is 15.4 Å². The van der Waals surface area contributed by atoms with Crippen LogP contribution in [0.25, 0.3) is 0 Å². The molecule has 0 heterocycles. The van der Waals surface area contributed by atoms with E-state index in [4.69, 9.17) is 9.84 Å². The number of aliphatic hydroxyl groups is 1. The van der Waals surface area contributed by atoms with Gasteiger partial charge < -0.3 is 20.5 Å². The van der Waals surface area contributed by atoms with Gasteiger partial charge in [0.25, 0.3) is 5.91 Å². The van der Waals surface area contributed by atoms with Gasteiger partial charge in [-0.05, 0) is 43.2 Å². The summed E-state index contributed by atoms with van der Waals surface area (Å²) in [6, 6.07) is 17.1. The summed E-state index contributed by atoms with van der Waals surface area (Å²) in [5, 5.41) is 15.3. The zero-order valence-corrected chi connectivity index (χ0v) is 13.9. The van der Waals surface area contributed by atoms with Crippen LogP contribution in [0.5, 0.6) is 5.75 Å². The molecule has 0 aliphatic heterocycles. The fourth-order valence-electron chi connectivity index (χ4n) is 2.21. The molecule has 0 fully saturated rings. The first-order chi connectivity index (χ1) is 11.7. The number of carbonyl (C=O) groups excluding carboxylic acids is 1. The van der Waals surface area contributed by atoms with Gasteiger partial charge in [-0.2, -0.15) is 0 Å². The van der Waals surface area contributed by atoms with Gasteiger partial charge >= 0.3 is 0 Å². The number of carbonyl (C=O) groups is 1. The first-order valence-corrected chi connectivity index (χ1v) is 8.12. The highest BCUT2D eigenvalue weighted by Crippen LogP contribution is 2.15. The smallest absolute Gasteiger partial charge is 0.260 e. The van der Waals surface area contributed by atoms with Crippen molar-refractivity contribution in [1.82, 2.24) is 5.32 Å². The minimum Gasteiger partial charge on any atom is -0.481 e. The fourth-order valence-corrected chi connectivity index (χ4v) is 2.21. The molecule has 1 atom stereocenters. The van der Waals surface area contributed by atoms with Gasteiger partial charge in [0.15, 0.2) is 6.10 Å². The number of rotatable bonds is 9. The van der Waals surface area contributed by atoms with Crippen molar-refractivity contribution in [2.24, 2.45) is 0 Å². The summed E-state index contributed by atoms with van der Waals surface area (Å²) in [7, 11) is 0. The molecule has 2 rings (SSSR count). The average molecular weight is 328 g/mol. The largest absolute Gasteiger partial charge is 0.481 e. The van der Waals surface area contributed by atoms with Gasteiger partial charge in [-0.15, -0.1) is 0 Å². The molecule has 0 spiro atoms. The molecule has 24 heavy (non-hydrogen) atoms. The van der Waals surface area contributed by atoms with Gasteiger partial charge in [0.2, 0.25) is 0 Å². The molecule has 0 aromatic heterocycles. The van der Waals surface area contributed by atoms with Gasteiger partial charge in [0.05, 0.1) is 6.61 Å². The molecule has 2 aromatic carbocycles. The SMILES string of the molecule is CC(Oc1cccc(CO)c1)C(=O)NCCCNc1ccccc1. The zero-order chi connectivity index (χ0) is 17.2. The minimum absolute atomic E-state index is 0.0494. The van der Waals surface area contributed by atoms with E-state index in [1.54, 1.807) is 31.2 Å². The lowest BCUT2D eigenvalue weighted by Gasteiger charge is -2.15. The second-order valence-corrected chi connectivity index (χ2v) is 5.50. The van der Waals surface area contributed by atoms with Crippen molar-refractivity contribution >= 4 is 11.6 Å². The Kier molecular flexibility index (Phi) is 7.11. The number of anilines is 1. The molecule has 128 valence electrons. The van der Waals surface area contributed by atoms with Crippen LogP contribution >= 0.6 is 0 Å². The monoisotopic (exact) mass is 328 g/mol. The van der Waals surface area contributed by atoms with Gasteiger partial charge in [-0.3, -0.25) is 4.79 Å². The van der Waals surface area contributed by atoms with Crippen LogP contribution in [0.15, 0.2) is 54.6 Å². The van der Waals surface area contributed by atoms with Crippen molar-refractivity contribution in [3.8, 4) is 5.75 Å². The van der Waals surface area contributed by atoms with Crippen molar-refractivity contribution in [1.29, 1.82) is 0 Å². The van der Waals surface area contributed by atoms with Crippen molar-refractivity contribution in [3.63, 3.8) is 0 Å². The van der Waals surface area contributed by atoms with Crippen LogP contribution in [0.2, 0.25) is 0 Å². The highest BCUT2D eigenvalue weighted by atomic mass is 16.5. The van der Waals surface area contributed by atoms with Crippen LogP contribution in [0.4, 0.5) is 5.69 Å². The van der Waals surface area contributed by atoms with Crippen molar-refractivity contribution in [2.75, 3.05) is 18.4 Å². The van der Waals surface area contributed by atoms with Crippen LogP contribution in [-0.2, 0) is 11.4 Å². The third kappa shape index (κ3) is 5.93. The maximum atomic E-state index is 12.0. The lowest BCUT2D eigenvalue weighted by Crippen LogP contribution is -2.37. The molecular weight excluding hydrogens is 304 g/mol. The Bertz CT molecular complexity index is 632. The number of benzene rings is 2. The molecule has 0 saturated heterocycles. The molecule has 0 aliphatic carbocycles. The van der Waals surface area contributed by atoms with Crippen LogP contribution in [0.1, 0.15) is 18.9 Å². The molecule has 3 N–H and O–H groups in total. The Labute approximate surface area is 142 Å². The molecular formula is C19H24N2O3. The van der Waals surface area contributed by atoms with Crippen molar-refractivity contribution in [2.45, 2.75) is 26.1 Å². The molecule has 0 saturated carbocycles. The summed E-state index contributed by atoms with van der Waals surface area (Å²) >= 11 is 0. The first-order valence-electron chi connectivity index (χ1n) is 8.12. The normalized spacial score (nSPS) is 11.6. The Morgan fingerprint density at radius 1 is 1.12 bits per heavy atom. The summed E-state index contributed by atoms with van der Waals surface area (Å²) < 4.78 is 5.61. The molecule has 0 radical (unpaired) electrons.